The second-order valence-electron chi connectivity index (χ2n) is 12.6. The summed E-state index contributed by atoms with van der Waals surface area (Å²) >= 11 is 0. The van der Waals surface area contributed by atoms with Gasteiger partial charge in [-0.1, -0.05) is 30.3 Å². The molecule has 234 valence electrons. The molecule has 2 aromatic carbocycles. The van der Waals surface area contributed by atoms with Gasteiger partial charge in [-0.05, 0) is 80.6 Å². The number of hydrogen-bond acceptors (Lipinski definition) is 6. The first kappa shape index (κ1) is 31.3. The minimum Gasteiger partial charge on any atom is -0.444 e. The Kier molecular flexibility index (Phi) is 8.62. The number of amides is 2. The van der Waals surface area contributed by atoms with Crippen molar-refractivity contribution < 1.29 is 32.2 Å². The van der Waals surface area contributed by atoms with E-state index < -0.39 is 23.4 Å². The molecule has 3 aromatic rings. The number of rotatable bonds is 7. The summed E-state index contributed by atoms with van der Waals surface area (Å²) in [6, 6.07) is 13.6. The number of alkyl halides is 3. The van der Waals surface area contributed by atoms with Crippen LogP contribution >= 0.6 is 0 Å². The first-order valence-corrected chi connectivity index (χ1v) is 14.6. The zero-order valence-electron chi connectivity index (χ0n) is 25.3. The molecular weight excluding hydrogens is 573 g/mol. The van der Waals surface area contributed by atoms with Gasteiger partial charge in [-0.25, -0.2) is 4.79 Å². The number of hydrogen-bond donors (Lipinski definition) is 2. The van der Waals surface area contributed by atoms with Crippen LogP contribution < -0.4 is 15.5 Å². The number of pyridine rings is 1. The average Bonchev–Trinajstić information content (AvgIpc) is 3.45. The number of carbonyl (C=O) groups is 2. The third-order valence-corrected chi connectivity index (χ3v) is 7.91. The number of alkyl carbamates (subject to hydrolysis) is 1. The number of nitrogens with zero attached hydrogens (tertiary/aromatic N) is 2. The highest BCUT2D eigenvalue weighted by Crippen LogP contribution is 2.41. The van der Waals surface area contributed by atoms with Gasteiger partial charge < -0.3 is 25.0 Å². The fraction of sp³-hybridized carbons (Fsp3) is 0.424. The van der Waals surface area contributed by atoms with Crippen LogP contribution in [0.5, 0.6) is 0 Å². The van der Waals surface area contributed by atoms with E-state index in [4.69, 9.17) is 9.47 Å². The average molecular weight is 611 g/mol. The molecule has 2 fully saturated rings. The molecule has 0 unspecified atom stereocenters. The van der Waals surface area contributed by atoms with E-state index >= 15 is 0 Å². The number of aromatic nitrogens is 1. The van der Waals surface area contributed by atoms with Gasteiger partial charge in [0.25, 0.3) is 5.91 Å². The zero-order chi connectivity index (χ0) is 31.7. The molecule has 44 heavy (non-hydrogen) atoms. The first-order chi connectivity index (χ1) is 20.7. The van der Waals surface area contributed by atoms with Crippen LogP contribution in [0, 0.1) is 5.41 Å². The van der Waals surface area contributed by atoms with Gasteiger partial charge in [-0.2, -0.15) is 13.2 Å². The molecule has 1 atom stereocenters. The van der Waals surface area contributed by atoms with Crippen LogP contribution in [-0.2, 0) is 22.2 Å². The van der Waals surface area contributed by atoms with E-state index in [2.05, 4.69) is 20.5 Å². The van der Waals surface area contributed by atoms with Gasteiger partial charge in [0.05, 0.1) is 18.2 Å². The van der Waals surface area contributed by atoms with E-state index in [1.807, 2.05) is 13.0 Å². The van der Waals surface area contributed by atoms with E-state index in [0.29, 0.717) is 22.4 Å². The lowest BCUT2D eigenvalue weighted by Gasteiger charge is -2.48. The molecule has 5 rings (SSSR count). The topological polar surface area (TPSA) is 92.8 Å². The van der Waals surface area contributed by atoms with Crippen LogP contribution in [0.1, 0.15) is 67.3 Å². The summed E-state index contributed by atoms with van der Waals surface area (Å²) in [5, 5.41) is 5.58. The molecule has 0 aliphatic carbocycles. The molecule has 11 heteroatoms. The van der Waals surface area contributed by atoms with Crippen LogP contribution in [0.3, 0.4) is 0 Å². The summed E-state index contributed by atoms with van der Waals surface area (Å²) in [7, 11) is 0. The van der Waals surface area contributed by atoms with Crippen molar-refractivity contribution in [3.8, 4) is 11.1 Å². The fourth-order valence-electron chi connectivity index (χ4n) is 5.55. The summed E-state index contributed by atoms with van der Waals surface area (Å²) in [5.41, 5.74) is 2.09. The minimum atomic E-state index is -4.53. The van der Waals surface area contributed by atoms with Crippen LogP contribution in [0.2, 0.25) is 0 Å². The van der Waals surface area contributed by atoms with Gasteiger partial charge >= 0.3 is 12.3 Å². The molecule has 1 aromatic heterocycles. The molecule has 2 amide bonds. The SMILES string of the molecule is C[C@@H](NC(=O)c1cc(N2CC3(CCOC3)C2)ccn1)c1ccc(-c2cc(C(F)(F)F)ccc2CNC(=O)OC(C)(C)C)cc1. The van der Waals surface area contributed by atoms with Gasteiger partial charge in [-0.15, -0.1) is 0 Å². The van der Waals surface area contributed by atoms with Crippen molar-refractivity contribution in [3.63, 3.8) is 0 Å². The highest BCUT2D eigenvalue weighted by atomic mass is 19.4. The standard InChI is InChI=1S/C33H37F3N4O4/c1-21(39-29(41)28-16-26(11-13-37-28)40-18-32(19-40)12-14-43-20-32)22-5-7-23(8-6-22)27-15-25(33(34,35)36)10-9-24(27)17-38-30(42)44-31(2,3)4/h5-11,13,15-16,21H,12,14,17-20H2,1-4H3,(H,38,42)(H,39,41)/t21-/m1/s1. The summed E-state index contributed by atoms with van der Waals surface area (Å²) in [5.74, 6) is -0.323. The Morgan fingerprint density at radius 3 is 2.43 bits per heavy atom. The third kappa shape index (κ3) is 7.32. The molecule has 0 saturated carbocycles. The number of benzene rings is 2. The highest BCUT2D eigenvalue weighted by molar-refractivity contribution is 5.93. The van der Waals surface area contributed by atoms with Crippen LogP contribution in [0.25, 0.3) is 11.1 Å². The molecule has 2 N–H and O–H groups in total. The molecule has 0 bridgehead atoms. The number of carbonyl (C=O) groups excluding carboxylic acids is 2. The summed E-state index contributed by atoms with van der Waals surface area (Å²) in [4.78, 5) is 31.7. The predicted molar refractivity (Wildman–Crippen MR) is 160 cm³/mol. The smallest absolute Gasteiger partial charge is 0.416 e. The van der Waals surface area contributed by atoms with E-state index in [-0.39, 0.29) is 23.9 Å². The third-order valence-electron chi connectivity index (χ3n) is 7.91. The van der Waals surface area contributed by atoms with Crippen molar-refractivity contribution >= 4 is 17.7 Å². The lowest BCUT2D eigenvalue weighted by molar-refractivity contribution is -0.137. The van der Waals surface area contributed by atoms with Crippen molar-refractivity contribution in [2.24, 2.45) is 5.41 Å². The monoisotopic (exact) mass is 610 g/mol. The Balaban J connectivity index is 1.27. The van der Waals surface area contributed by atoms with Crippen LogP contribution in [0.15, 0.2) is 60.8 Å². The molecule has 0 radical (unpaired) electrons. The minimum absolute atomic E-state index is 0.0190. The first-order valence-electron chi connectivity index (χ1n) is 14.6. The Bertz CT molecular complexity index is 1500. The Morgan fingerprint density at radius 1 is 1.07 bits per heavy atom. The van der Waals surface area contributed by atoms with E-state index in [1.165, 1.54) is 6.07 Å². The van der Waals surface area contributed by atoms with Crippen LogP contribution in [0.4, 0.5) is 23.7 Å². The zero-order valence-corrected chi connectivity index (χ0v) is 25.3. The maximum Gasteiger partial charge on any atom is 0.416 e. The van der Waals surface area contributed by atoms with Gasteiger partial charge in [0, 0.05) is 43.5 Å². The maximum atomic E-state index is 13.6. The van der Waals surface area contributed by atoms with Crippen molar-refractivity contribution in [1.29, 1.82) is 0 Å². The molecule has 2 aliphatic rings. The predicted octanol–water partition coefficient (Wildman–Crippen LogP) is 6.51. The maximum absolute atomic E-state index is 13.6. The van der Waals surface area contributed by atoms with Crippen molar-refractivity contribution in [3.05, 3.63) is 83.2 Å². The fourth-order valence-corrected chi connectivity index (χ4v) is 5.55. The molecular formula is C33H37F3N4O4. The highest BCUT2D eigenvalue weighted by Gasteiger charge is 2.46. The van der Waals surface area contributed by atoms with Gasteiger partial charge in [0.1, 0.15) is 11.3 Å². The molecule has 2 aliphatic heterocycles. The van der Waals surface area contributed by atoms with Gasteiger partial charge in [0.2, 0.25) is 0 Å². The molecule has 2 saturated heterocycles. The number of halogens is 3. The molecule has 8 nitrogen and oxygen atoms in total. The Labute approximate surface area is 254 Å². The number of nitrogens with one attached hydrogen (secondary N) is 2. The normalized spacial score (nSPS) is 16.8. The van der Waals surface area contributed by atoms with Crippen molar-refractivity contribution in [1.82, 2.24) is 15.6 Å². The second kappa shape index (κ2) is 12.1. The summed E-state index contributed by atoms with van der Waals surface area (Å²) in [6.45, 7) is 10.3. The van der Waals surface area contributed by atoms with Gasteiger partial charge in [0.15, 0.2) is 0 Å². The molecule has 1 spiro atoms. The van der Waals surface area contributed by atoms with Gasteiger partial charge in [-0.3, -0.25) is 9.78 Å². The Hall–Kier alpha value is -4.12. The van der Waals surface area contributed by atoms with Crippen LogP contribution in [-0.4, -0.2) is 48.9 Å². The summed E-state index contributed by atoms with van der Waals surface area (Å²) < 4.78 is 51.5. The van der Waals surface area contributed by atoms with E-state index in [9.17, 15) is 22.8 Å². The second-order valence-corrected chi connectivity index (χ2v) is 12.6. The number of anilines is 1. The Morgan fingerprint density at radius 2 is 1.80 bits per heavy atom. The molecule has 3 heterocycles. The lowest BCUT2D eigenvalue weighted by atomic mass is 9.79. The quantitative estimate of drug-likeness (QED) is 0.317. The largest absolute Gasteiger partial charge is 0.444 e. The summed E-state index contributed by atoms with van der Waals surface area (Å²) in [6.07, 6.45) is -2.52. The van der Waals surface area contributed by atoms with Crippen molar-refractivity contribution in [2.45, 2.75) is 58.5 Å². The van der Waals surface area contributed by atoms with E-state index in [1.54, 1.807) is 57.3 Å². The van der Waals surface area contributed by atoms with Crippen molar-refractivity contribution in [2.75, 3.05) is 31.2 Å². The number of ether oxygens (including phenoxy) is 2. The lowest BCUT2D eigenvalue weighted by Crippen LogP contribution is -2.57. The van der Waals surface area contributed by atoms with E-state index in [0.717, 1.165) is 56.1 Å².